The summed E-state index contributed by atoms with van der Waals surface area (Å²) in [7, 11) is 1.53. The maximum atomic E-state index is 15.1. The van der Waals surface area contributed by atoms with Crippen molar-refractivity contribution in [3.05, 3.63) is 30.1 Å². The number of pyridine rings is 2. The number of hydrogen-bond donors (Lipinski definition) is 2. The van der Waals surface area contributed by atoms with Crippen LogP contribution in [0.2, 0.25) is 0 Å². The Kier molecular flexibility index (Phi) is 5.08. The summed E-state index contributed by atoms with van der Waals surface area (Å²) in [6.07, 6.45) is 0.535. The van der Waals surface area contributed by atoms with Crippen molar-refractivity contribution in [3.8, 4) is 23.0 Å². The average molecular weight is 456 g/mol. The number of hydrogen-bond acceptors (Lipinski definition) is 8. The number of aliphatic hydroxyl groups is 1. The summed E-state index contributed by atoms with van der Waals surface area (Å²) in [6, 6.07) is 6.80. The minimum absolute atomic E-state index is 0.164. The molecule has 174 valence electrons. The second-order valence-electron chi connectivity index (χ2n) is 8.63. The van der Waals surface area contributed by atoms with Crippen LogP contribution in [0.15, 0.2) is 24.3 Å². The van der Waals surface area contributed by atoms with Crippen LogP contribution in [-0.2, 0) is 9.47 Å². The van der Waals surface area contributed by atoms with E-state index in [0.29, 0.717) is 35.0 Å². The van der Waals surface area contributed by atoms with Gasteiger partial charge in [-0.15, -0.1) is 0 Å². The number of fused-ring (bicyclic) bond motifs is 2. The fourth-order valence-corrected chi connectivity index (χ4v) is 4.86. The summed E-state index contributed by atoms with van der Waals surface area (Å²) in [6.45, 7) is 2.45. The lowest BCUT2D eigenvalue weighted by Crippen LogP contribution is -2.34. The Morgan fingerprint density at radius 1 is 1.12 bits per heavy atom. The van der Waals surface area contributed by atoms with Crippen LogP contribution in [0.4, 0.5) is 10.2 Å². The van der Waals surface area contributed by atoms with E-state index in [1.54, 1.807) is 12.1 Å². The van der Waals surface area contributed by atoms with Gasteiger partial charge in [0, 0.05) is 25.2 Å². The molecule has 3 aliphatic rings. The summed E-state index contributed by atoms with van der Waals surface area (Å²) >= 11 is 0. The highest BCUT2D eigenvalue weighted by molar-refractivity contribution is 5.82. The number of halogens is 1. The molecule has 2 N–H and O–H groups in total. The van der Waals surface area contributed by atoms with Crippen molar-refractivity contribution in [2.24, 2.45) is 0 Å². The van der Waals surface area contributed by atoms with Gasteiger partial charge in [-0.05, 0) is 25.0 Å². The molecule has 0 spiro atoms. The summed E-state index contributed by atoms with van der Waals surface area (Å²) in [5.74, 6) is 1.10. The van der Waals surface area contributed by atoms with Crippen LogP contribution in [-0.4, -0.2) is 77.9 Å². The van der Waals surface area contributed by atoms with Crippen LogP contribution in [0.3, 0.4) is 0 Å². The van der Waals surface area contributed by atoms with E-state index < -0.39 is 11.9 Å². The Labute approximate surface area is 189 Å². The van der Waals surface area contributed by atoms with Crippen molar-refractivity contribution in [2.75, 3.05) is 38.3 Å². The van der Waals surface area contributed by atoms with Gasteiger partial charge in [0.15, 0.2) is 17.8 Å². The van der Waals surface area contributed by atoms with Gasteiger partial charge in [-0.1, -0.05) is 0 Å². The zero-order valence-corrected chi connectivity index (χ0v) is 18.2. The van der Waals surface area contributed by atoms with Gasteiger partial charge in [-0.2, -0.15) is 4.98 Å². The van der Waals surface area contributed by atoms with Gasteiger partial charge >= 0.3 is 0 Å². The lowest BCUT2D eigenvalue weighted by Gasteiger charge is -2.18. The first-order chi connectivity index (χ1) is 16.1. The molecule has 3 aromatic heterocycles. The molecule has 0 amide bonds. The third kappa shape index (κ3) is 3.58. The Balaban J connectivity index is 1.29. The van der Waals surface area contributed by atoms with Crippen molar-refractivity contribution in [3.63, 3.8) is 0 Å². The summed E-state index contributed by atoms with van der Waals surface area (Å²) in [5, 5.41) is 9.91. The molecule has 0 aromatic carbocycles. The quantitative estimate of drug-likeness (QED) is 0.603. The molecule has 3 aromatic rings. The third-order valence-corrected chi connectivity index (χ3v) is 6.52. The normalized spacial score (nSPS) is 26.8. The summed E-state index contributed by atoms with van der Waals surface area (Å²) in [4.78, 5) is 14.4. The van der Waals surface area contributed by atoms with Crippen LogP contribution < -0.4 is 14.4 Å². The van der Waals surface area contributed by atoms with Crippen molar-refractivity contribution >= 4 is 16.9 Å². The van der Waals surface area contributed by atoms with E-state index in [1.807, 2.05) is 6.07 Å². The molecule has 10 heteroatoms. The fraction of sp³-hybridized carbons (Fsp3) is 0.478. The number of aromatic amines is 1. The minimum atomic E-state index is -0.648. The number of H-pyrrole nitrogens is 1. The first kappa shape index (κ1) is 20.6. The largest absolute Gasteiger partial charge is 0.480 e. The highest BCUT2D eigenvalue weighted by atomic mass is 19.1. The molecule has 0 saturated carbocycles. The fourth-order valence-electron chi connectivity index (χ4n) is 4.86. The van der Waals surface area contributed by atoms with Gasteiger partial charge in [0.05, 0.1) is 36.9 Å². The molecule has 3 fully saturated rings. The molecule has 0 bridgehead atoms. The topological polar surface area (TPSA) is 102 Å². The number of aliphatic hydroxyl groups excluding tert-OH is 1. The molecular weight excluding hydrogens is 431 g/mol. The van der Waals surface area contributed by atoms with Crippen molar-refractivity contribution in [1.82, 2.24) is 15.0 Å². The second-order valence-corrected chi connectivity index (χ2v) is 8.63. The van der Waals surface area contributed by atoms with E-state index in [0.717, 1.165) is 31.7 Å². The zero-order chi connectivity index (χ0) is 22.5. The summed E-state index contributed by atoms with van der Waals surface area (Å²) in [5.41, 5.74) is 1.71. The van der Waals surface area contributed by atoms with E-state index in [-0.39, 0.29) is 30.6 Å². The van der Waals surface area contributed by atoms with E-state index in [4.69, 9.17) is 18.9 Å². The number of aromatic nitrogens is 3. The van der Waals surface area contributed by atoms with E-state index in [1.165, 1.54) is 13.2 Å². The van der Waals surface area contributed by atoms with E-state index in [9.17, 15) is 5.11 Å². The van der Waals surface area contributed by atoms with Crippen LogP contribution in [0.1, 0.15) is 12.8 Å². The smallest absolute Gasteiger partial charge is 0.224 e. The molecule has 6 heterocycles. The van der Waals surface area contributed by atoms with Crippen LogP contribution in [0.25, 0.3) is 22.3 Å². The van der Waals surface area contributed by atoms with Gasteiger partial charge < -0.3 is 33.9 Å². The molecular formula is C23H25FN4O5. The lowest BCUT2D eigenvalue weighted by atomic mass is 10.1. The molecule has 3 saturated heterocycles. The van der Waals surface area contributed by atoms with Crippen LogP contribution in [0.5, 0.6) is 11.8 Å². The maximum absolute atomic E-state index is 15.1. The van der Waals surface area contributed by atoms with E-state index >= 15 is 4.39 Å². The number of nitrogens with zero attached hydrogens (tertiary/aromatic N) is 3. The number of anilines is 1. The third-order valence-electron chi connectivity index (χ3n) is 6.52. The van der Waals surface area contributed by atoms with Gasteiger partial charge in [-0.3, -0.25) is 0 Å². The number of rotatable bonds is 5. The molecule has 4 atom stereocenters. The number of methoxy groups -OCH3 is 1. The standard InChI is InChI=1S/C23H25FN4O5/c1-30-23-12(4-5-18(27-23)28-6-2-3-7-28)20-13(24)8-14-15(26-20)9-19(25-14)33-17-11-32-21-16(29)10-31-22(17)21/h4-5,8-9,16-17,21-22,25,29H,2-3,6-7,10-11H2,1H3/t16-,17-,21-,22?/m1/s1. The molecule has 3 aliphatic heterocycles. The Morgan fingerprint density at radius 3 is 2.76 bits per heavy atom. The highest BCUT2D eigenvalue weighted by Crippen LogP contribution is 2.35. The Hall–Kier alpha value is -2.95. The first-order valence-corrected chi connectivity index (χ1v) is 11.2. The number of ether oxygens (including phenoxy) is 4. The summed E-state index contributed by atoms with van der Waals surface area (Å²) < 4.78 is 37.8. The SMILES string of the molecule is COc1nc(N2CCCC2)ccc1-c1nc2cc(O[C@@H]3CO[C@H]4C3OC[C@H]4O)[nH]c2cc1F. The van der Waals surface area contributed by atoms with Gasteiger partial charge in [-0.25, -0.2) is 9.37 Å². The van der Waals surface area contributed by atoms with Gasteiger partial charge in [0.1, 0.15) is 29.8 Å². The predicted molar refractivity (Wildman–Crippen MR) is 117 cm³/mol. The highest BCUT2D eigenvalue weighted by Gasteiger charge is 2.48. The van der Waals surface area contributed by atoms with Crippen molar-refractivity contribution in [2.45, 2.75) is 37.3 Å². The molecule has 33 heavy (non-hydrogen) atoms. The molecule has 0 aliphatic carbocycles. The monoisotopic (exact) mass is 456 g/mol. The number of nitrogens with one attached hydrogen (secondary N) is 1. The lowest BCUT2D eigenvalue weighted by molar-refractivity contribution is 0.00794. The predicted octanol–water partition coefficient (Wildman–Crippen LogP) is 2.28. The minimum Gasteiger partial charge on any atom is -0.480 e. The molecule has 9 nitrogen and oxygen atoms in total. The van der Waals surface area contributed by atoms with Gasteiger partial charge in [0.25, 0.3) is 0 Å². The Morgan fingerprint density at radius 2 is 1.94 bits per heavy atom. The second kappa shape index (κ2) is 8.12. The maximum Gasteiger partial charge on any atom is 0.224 e. The Bertz CT molecular complexity index is 1180. The van der Waals surface area contributed by atoms with E-state index in [2.05, 4.69) is 19.9 Å². The molecule has 6 rings (SSSR count). The average Bonchev–Trinajstić information content (AvgIpc) is 3.60. The van der Waals surface area contributed by atoms with Crippen LogP contribution >= 0.6 is 0 Å². The van der Waals surface area contributed by atoms with Crippen molar-refractivity contribution < 1.29 is 28.4 Å². The zero-order valence-electron chi connectivity index (χ0n) is 18.2. The molecule has 1 unspecified atom stereocenters. The molecule has 0 radical (unpaired) electrons. The van der Waals surface area contributed by atoms with Crippen molar-refractivity contribution in [1.29, 1.82) is 0 Å². The first-order valence-electron chi connectivity index (χ1n) is 11.2. The van der Waals surface area contributed by atoms with Crippen LogP contribution in [0, 0.1) is 5.82 Å². The van der Waals surface area contributed by atoms with Gasteiger partial charge in [0.2, 0.25) is 5.88 Å².